The van der Waals surface area contributed by atoms with Crippen molar-refractivity contribution in [2.24, 2.45) is 0 Å². The Hall–Kier alpha value is -2.61. The van der Waals surface area contributed by atoms with Crippen molar-refractivity contribution in [3.05, 3.63) is 47.7 Å². The third kappa shape index (κ3) is 4.68. The second kappa shape index (κ2) is 6.66. The van der Waals surface area contributed by atoms with E-state index in [-0.39, 0.29) is 17.2 Å². The number of nitrogens with zero attached hydrogens (tertiary/aromatic N) is 1. The van der Waals surface area contributed by atoms with Gasteiger partial charge in [0.05, 0.1) is 13.4 Å². The van der Waals surface area contributed by atoms with E-state index in [1.807, 2.05) is 0 Å². The fourth-order valence-electron chi connectivity index (χ4n) is 1.81. The van der Waals surface area contributed by atoms with E-state index in [9.17, 15) is 13.2 Å². The van der Waals surface area contributed by atoms with Crippen molar-refractivity contribution >= 4 is 21.7 Å². The number of hydrogen-bond donors (Lipinski definition) is 1. The summed E-state index contributed by atoms with van der Waals surface area (Å²) in [6, 6.07) is 9.21. The van der Waals surface area contributed by atoms with Crippen molar-refractivity contribution in [3.8, 4) is 11.6 Å². The monoisotopic (exact) mass is 336 g/mol. The second-order valence-corrected chi connectivity index (χ2v) is 6.55. The highest BCUT2D eigenvalue weighted by Gasteiger charge is 2.16. The van der Waals surface area contributed by atoms with Gasteiger partial charge in [0.1, 0.15) is 11.3 Å². The normalized spacial score (nSPS) is 10.9. The Morgan fingerprint density at radius 2 is 1.78 bits per heavy atom. The molecule has 0 aliphatic heterocycles. The molecule has 2 aromatic rings. The van der Waals surface area contributed by atoms with Crippen LogP contribution in [0.1, 0.15) is 16.1 Å². The van der Waals surface area contributed by atoms with Gasteiger partial charge >= 0.3 is 5.97 Å². The summed E-state index contributed by atoms with van der Waals surface area (Å²) in [5.74, 6) is -0.153. The first-order valence-corrected chi connectivity index (χ1v) is 8.49. The number of rotatable bonds is 5. The van der Waals surface area contributed by atoms with Crippen LogP contribution in [0.2, 0.25) is 0 Å². The molecule has 0 radical (unpaired) electrons. The SMILES string of the molecule is COc1nc(C)ccc1C(=O)Oc1ccc(NS(C)(=O)=O)cc1. The summed E-state index contributed by atoms with van der Waals surface area (Å²) in [7, 11) is -1.93. The molecular formula is C15H16N2O5S. The van der Waals surface area contributed by atoms with Crippen LogP contribution in [0.3, 0.4) is 0 Å². The van der Waals surface area contributed by atoms with Gasteiger partial charge in [-0.3, -0.25) is 4.72 Å². The van der Waals surface area contributed by atoms with E-state index in [1.165, 1.54) is 31.4 Å². The number of methoxy groups -OCH3 is 1. The van der Waals surface area contributed by atoms with Gasteiger partial charge in [0.2, 0.25) is 15.9 Å². The molecule has 1 aromatic heterocycles. The second-order valence-electron chi connectivity index (χ2n) is 4.80. The molecule has 0 saturated carbocycles. The van der Waals surface area contributed by atoms with E-state index in [4.69, 9.17) is 9.47 Å². The number of carbonyl (C=O) groups is 1. The van der Waals surface area contributed by atoms with Gasteiger partial charge in [-0.1, -0.05) is 0 Å². The first-order chi connectivity index (χ1) is 10.8. The van der Waals surface area contributed by atoms with E-state index in [0.29, 0.717) is 5.69 Å². The zero-order chi connectivity index (χ0) is 17.0. The Bertz CT molecular complexity index is 816. The van der Waals surface area contributed by atoms with E-state index >= 15 is 0 Å². The third-order valence-electron chi connectivity index (χ3n) is 2.78. The standard InChI is InChI=1S/C15H16N2O5S/c1-10-4-9-13(14(16-10)21-2)15(18)22-12-7-5-11(6-8-12)17-23(3,19)20/h4-9,17H,1-3H3. The molecule has 8 heteroatoms. The molecule has 7 nitrogen and oxygen atoms in total. The summed E-state index contributed by atoms with van der Waals surface area (Å²) in [4.78, 5) is 16.3. The van der Waals surface area contributed by atoms with Crippen molar-refractivity contribution in [2.75, 3.05) is 18.1 Å². The molecule has 0 aliphatic carbocycles. The Morgan fingerprint density at radius 1 is 1.13 bits per heavy atom. The minimum Gasteiger partial charge on any atom is -0.480 e. The van der Waals surface area contributed by atoms with Gasteiger partial charge in [-0.05, 0) is 43.3 Å². The molecule has 0 aliphatic rings. The molecule has 0 saturated heterocycles. The van der Waals surface area contributed by atoms with Crippen LogP contribution in [-0.4, -0.2) is 32.7 Å². The van der Waals surface area contributed by atoms with Crippen LogP contribution in [0.15, 0.2) is 36.4 Å². The maximum Gasteiger partial charge on any atom is 0.349 e. The maximum atomic E-state index is 12.2. The molecule has 1 aromatic carbocycles. The number of nitrogens with one attached hydrogen (secondary N) is 1. The molecular weight excluding hydrogens is 320 g/mol. The van der Waals surface area contributed by atoms with Crippen molar-refractivity contribution in [2.45, 2.75) is 6.92 Å². The summed E-state index contributed by atoms with van der Waals surface area (Å²) in [6.45, 7) is 1.78. The lowest BCUT2D eigenvalue weighted by Gasteiger charge is -2.09. The molecule has 0 bridgehead atoms. The predicted octanol–water partition coefficient (Wildman–Crippen LogP) is 1.99. The smallest absolute Gasteiger partial charge is 0.349 e. The third-order valence-corrected chi connectivity index (χ3v) is 3.39. The van der Waals surface area contributed by atoms with Gasteiger partial charge < -0.3 is 9.47 Å². The summed E-state index contributed by atoms with van der Waals surface area (Å²) in [5, 5.41) is 0. The highest BCUT2D eigenvalue weighted by atomic mass is 32.2. The molecule has 1 heterocycles. The minimum absolute atomic E-state index is 0.186. The largest absolute Gasteiger partial charge is 0.480 e. The molecule has 2 rings (SSSR count). The van der Waals surface area contributed by atoms with Gasteiger partial charge in [0.25, 0.3) is 0 Å². The van der Waals surface area contributed by atoms with Gasteiger partial charge in [0, 0.05) is 11.4 Å². The number of benzene rings is 1. The van der Waals surface area contributed by atoms with Gasteiger partial charge in [-0.2, -0.15) is 0 Å². The Balaban J connectivity index is 2.14. The number of aromatic nitrogens is 1. The van der Waals surface area contributed by atoms with E-state index in [1.54, 1.807) is 19.1 Å². The number of pyridine rings is 1. The van der Waals surface area contributed by atoms with E-state index in [2.05, 4.69) is 9.71 Å². The van der Waals surface area contributed by atoms with Crippen LogP contribution < -0.4 is 14.2 Å². The quantitative estimate of drug-likeness (QED) is 0.663. The van der Waals surface area contributed by atoms with Gasteiger partial charge in [-0.25, -0.2) is 18.2 Å². The molecule has 0 atom stereocenters. The highest BCUT2D eigenvalue weighted by Crippen LogP contribution is 2.21. The summed E-state index contributed by atoms with van der Waals surface area (Å²) in [5.41, 5.74) is 1.30. The molecule has 0 amide bonds. The molecule has 0 unspecified atom stereocenters. The topological polar surface area (TPSA) is 94.6 Å². The number of aryl methyl sites for hydroxylation is 1. The molecule has 23 heavy (non-hydrogen) atoms. The fraction of sp³-hybridized carbons (Fsp3) is 0.200. The number of ether oxygens (including phenoxy) is 2. The number of esters is 1. The van der Waals surface area contributed by atoms with Gasteiger partial charge in [0.15, 0.2) is 0 Å². The lowest BCUT2D eigenvalue weighted by atomic mass is 10.2. The highest BCUT2D eigenvalue weighted by molar-refractivity contribution is 7.92. The van der Waals surface area contributed by atoms with Crippen LogP contribution in [-0.2, 0) is 10.0 Å². The van der Waals surface area contributed by atoms with E-state index in [0.717, 1.165) is 11.9 Å². The van der Waals surface area contributed by atoms with Crippen LogP contribution in [0, 0.1) is 6.92 Å². The average molecular weight is 336 g/mol. The Labute approximate surface area is 134 Å². The fourth-order valence-corrected chi connectivity index (χ4v) is 2.38. The Morgan fingerprint density at radius 3 is 2.35 bits per heavy atom. The number of hydrogen-bond acceptors (Lipinski definition) is 6. The number of sulfonamides is 1. The zero-order valence-electron chi connectivity index (χ0n) is 12.9. The van der Waals surface area contributed by atoms with Crippen molar-refractivity contribution in [1.82, 2.24) is 4.98 Å². The summed E-state index contributed by atoms with van der Waals surface area (Å²) >= 11 is 0. The van der Waals surface area contributed by atoms with Crippen LogP contribution >= 0.6 is 0 Å². The first-order valence-electron chi connectivity index (χ1n) is 6.60. The predicted molar refractivity (Wildman–Crippen MR) is 85.4 cm³/mol. The molecule has 1 N–H and O–H groups in total. The van der Waals surface area contributed by atoms with Crippen molar-refractivity contribution in [3.63, 3.8) is 0 Å². The zero-order valence-corrected chi connectivity index (χ0v) is 13.7. The molecule has 0 spiro atoms. The van der Waals surface area contributed by atoms with Crippen molar-refractivity contribution in [1.29, 1.82) is 0 Å². The average Bonchev–Trinajstić information content (AvgIpc) is 2.47. The van der Waals surface area contributed by atoms with E-state index < -0.39 is 16.0 Å². The van der Waals surface area contributed by atoms with Crippen LogP contribution in [0.25, 0.3) is 0 Å². The molecule has 0 fully saturated rings. The maximum absolute atomic E-state index is 12.2. The number of anilines is 1. The van der Waals surface area contributed by atoms with Crippen LogP contribution in [0.5, 0.6) is 11.6 Å². The minimum atomic E-state index is -3.35. The van der Waals surface area contributed by atoms with Gasteiger partial charge in [-0.15, -0.1) is 0 Å². The number of carbonyl (C=O) groups excluding carboxylic acids is 1. The lowest BCUT2D eigenvalue weighted by Crippen LogP contribution is -2.12. The van der Waals surface area contributed by atoms with Crippen LogP contribution in [0.4, 0.5) is 5.69 Å². The first kappa shape index (κ1) is 16.8. The Kier molecular flexibility index (Phi) is 4.85. The molecule has 122 valence electrons. The summed E-state index contributed by atoms with van der Waals surface area (Å²) < 4.78 is 34.9. The summed E-state index contributed by atoms with van der Waals surface area (Å²) in [6.07, 6.45) is 1.05. The lowest BCUT2D eigenvalue weighted by molar-refractivity contribution is 0.0730. The van der Waals surface area contributed by atoms with Crippen molar-refractivity contribution < 1.29 is 22.7 Å².